The molecule has 1 atom stereocenters. The van der Waals surface area contributed by atoms with Gasteiger partial charge >= 0.3 is 0 Å². The van der Waals surface area contributed by atoms with Crippen molar-refractivity contribution in [3.63, 3.8) is 0 Å². The minimum Gasteiger partial charge on any atom is -0.349 e. The molecule has 0 saturated heterocycles. The molecule has 0 bridgehead atoms. The van der Waals surface area contributed by atoms with Gasteiger partial charge in [0.05, 0.1) is 11.4 Å². The van der Waals surface area contributed by atoms with Crippen LogP contribution in [0.5, 0.6) is 0 Å². The summed E-state index contributed by atoms with van der Waals surface area (Å²) in [5, 5.41) is 8.07. The maximum atomic E-state index is 13.7. The van der Waals surface area contributed by atoms with Gasteiger partial charge < -0.3 is 10.6 Å². The van der Waals surface area contributed by atoms with Crippen LogP contribution in [-0.4, -0.2) is 29.8 Å². The Hall–Kier alpha value is -3.16. The zero-order valence-corrected chi connectivity index (χ0v) is 21.9. The van der Waals surface area contributed by atoms with E-state index >= 15 is 0 Å². The number of nitrogens with zero attached hydrogens (tertiary/aromatic N) is 1. The van der Waals surface area contributed by atoms with E-state index in [0.29, 0.717) is 27.6 Å². The number of halogens is 1. The molecule has 8 heteroatoms. The van der Waals surface area contributed by atoms with Crippen LogP contribution in [0, 0.1) is 6.92 Å². The molecule has 2 N–H and O–H groups in total. The highest BCUT2D eigenvalue weighted by atomic mass is 35.5. The number of carbonyl (C=O) groups excluding carboxylic acids is 3. The number of anilines is 1. The highest BCUT2D eigenvalue weighted by molar-refractivity contribution is 7.12. The van der Waals surface area contributed by atoms with Gasteiger partial charge in [-0.2, -0.15) is 0 Å². The lowest BCUT2D eigenvalue weighted by atomic mass is 9.97. The van der Waals surface area contributed by atoms with Crippen LogP contribution in [0.1, 0.15) is 54.0 Å². The van der Waals surface area contributed by atoms with Crippen LogP contribution in [0.2, 0.25) is 5.02 Å². The Morgan fingerprint density at radius 1 is 1.03 bits per heavy atom. The molecular formula is C27H30ClN3O3S. The number of nitrogens with one attached hydrogen (secondary N) is 2. The third-order valence-electron chi connectivity index (χ3n) is 5.76. The molecule has 3 rings (SSSR count). The first-order valence-corrected chi connectivity index (χ1v) is 12.6. The average molecular weight is 512 g/mol. The number of benzene rings is 2. The number of hydrogen-bond acceptors (Lipinski definition) is 4. The highest BCUT2D eigenvalue weighted by Crippen LogP contribution is 2.30. The molecule has 2 aromatic carbocycles. The van der Waals surface area contributed by atoms with Gasteiger partial charge in [-0.05, 0) is 68.5 Å². The first-order chi connectivity index (χ1) is 16.6. The van der Waals surface area contributed by atoms with Crippen LogP contribution in [0.15, 0.2) is 66.0 Å². The molecule has 1 aromatic heterocycles. The van der Waals surface area contributed by atoms with Crippen LogP contribution in [0.25, 0.3) is 0 Å². The molecule has 3 amide bonds. The third-order valence-corrected chi connectivity index (χ3v) is 6.88. The van der Waals surface area contributed by atoms with Gasteiger partial charge in [0.15, 0.2) is 0 Å². The van der Waals surface area contributed by atoms with E-state index in [9.17, 15) is 14.4 Å². The lowest BCUT2D eigenvalue weighted by Crippen LogP contribution is -2.52. The van der Waals surface area contributed by atoms with Crippen molar-refractivity contribution in [1.82, 2.24) is 10.6 Å². The maximum Gasteiger partial charge on any atom is 0.261 e. The Labute approximate surface area is 215 Å². The van der Waals surface area contributed by atoms with Crippen LogP contribution >= 0.6 is 22.9 Å². The fourth-order valence-corrected chi connectivity index (χ4v) is 4.20. The Bertz CT molecular complexity index is 1160. The van der Waals surface area contributed by atoms with E-state index in [1.165, 1.54) is 16.2 Å². The number of amides is 3. The standard InChI is InChI=1S/C27H30ClN3O3S/c1-5-27(3,4)30-26(34)24(19-10-8-18(2)9-11-19)31(21-14-12-20(28)13-15-21)23(32)17-29-25(33)22-7-6-16-35-22/h6-16,24H,5,17H2,1-4H3,(H,29,33)(H,30,34). The van der Waals surface area contributed by atoms with Crippen molar-refractivity contribution in [2.45, 2.75) is 45.7 Å². The molecule has 0 fully saturated rings. The number of thiophene rings is 1. The fraction of sp³-hybridized carbons (Fsp3) is 0.296. The van der Waals surface area contributed by atoms with Crippen LogP contribution in [0.4, 0.5) is 5.69 Å². The molecular weight excluding hydrogens is 482 g/mol. The summed E-state index contributed by atoms with van der Waals surface area (Å²) in [6.07, 6.45) is 0.713. The summed E-state index contributed by atoms with van der Waals surface area (Å²) in [7, 11) is 0. The predicted molar refractivity (Wildman–Crippen MR) is 142 cm³/mol. The monoisotopic (exact) mass is 511 g/mol. The van der Waals surface area contributed by atoms with Gasteiger partial charge in [-0.1, -0.05) is 54.4 Å². The van der Waals surface area contributed by atoms with E-state index < -0.39 is 17.5 Å². The summed E-state index contributed by atoms with van der Waals surface area (Å²) in [5.74, 6) is -1.08. The molecule has 6 nitrogen and oxygen atoms in total. The third kappa shape index (κ3) is 6.93. The quantitative estimate of drug-likeness (QED) is 0.397. The summed E-state index contributed by atoms with van der Waals surface area (Å²) in [6, 6.07) is 16.7. The van der Waals surface area contributed by atoms with Crippen molar-refractivity contribution >= 4 is 46.3 Å². The Kier molecular flexibility index (Phi) is 8.70. The molecule has 35 heavy (non-hydrogen) atoms. The molecule has 1 heterocycles. The first kappa shape index (κ1) is 26.4. The normalized spacial score (nSPS) is 12.0. The second kappa shape index (κ2) is 11.5. The van der Waals surface area contributed by atoms with E-state index in [4.69, 9.17) is 11.6 Å². The summed E-state index contributed by atoms with van der Waals surface area (Å²) in [4.78, 5) is 41.7. The van der Waals surface area contributed by atoms with Crippen molar-refractivity contribution in [1.29, 1.82) is 0 Å². The average Bonchev–Trinajstić information content (AvgIpc) is 3.37. The molecule has 0 aliphatic heterocycles. The van der Waals surface area contributed by atoms with E-state index in [0.717, 1.165) is 5.56 Å². The van der Waals surface area contributed by atoms with Crippen molar-refractivity contribution in [3.05, 3.63) is 87.1 Å². The molecule has 0 saturated carbocycles. The van der Waals surface area contributed by atoms with Crippen LogP contribution < -0.4 is 15.5 Å². The van der Waals surface area contributed by atoms with Gasteiger partial charge in [0, 0.05) is 16.2 Å². The molecule has 0 radical (unpaired) electrons. The number of rotatable bonds is 9. The summed E-state index contributed by atoms with van der Waals surface area (Å²) in [5.41, 5.74) is 1.73. The van der Waals surface area contributed by atoms with Crippen molar-refractivity contribution < 1.29 is 14.4 Å². The molecule has 184 valence electrons. The number of aryl methyl sites for hydroxylation is 1. The number of hydrogen-bond donors (Lipinski definition) is 2. The molecule has 0 aliphatic rings. The van der Waals surface area contributed by atoms with Crippen LogP contribution in [0.3, 0.4) is 0 Å². The van der Waals surface area contributed by atoms with E-state index in [1.54, 1.807) is 41.8 Å². The van der Waals surface area contributed by atoms with Gasteiger partial charge in [0.2, 0.25) is 11.8 Å². The Morgan fingerprint density at radius 3 is 2.26 bits per heavy atom. The maximum absolute atomic E-state index is 13.7. The van der Waals surface area contributed by atoms with Gasteiger partial charge in [-0.3, -0.25) is 19.3 Å². The number of carbonyl (C=O) groups is 3. The zero-order chi connectivity index (χ0) is 25.6. The Balaban J connectivity index is 2.01. The van der Waals surface area contributed by atoms with Gasteiger partial charge in [-0.25, -0.2) is 0 Å². The van der Waals surface area contributed by atoms with E-state index in [2.05, 4.69) is 10.6 Å². The smallest absolute Gasteiger partial charge is 0.261 e. The van der Waals surface area contributed by atoms with Crippen molar-refractivity contribution in [2.24, 2.45) is 0 Å². The lowest BCUT2D eigenvalue weighted by molar-refractivity contribution is -0.127. The SMILES string of the molecule is CCC(C)(C)NC(=O)C(c1ccc(C)cc1)N(C(=O)CNC(=O)c1cccs1)c1ccc(Cl)cc1. The van der Waals surface area contributed by atoms with Crippen LogP contribution in [-0.2, 0) is 9.59 Å². The second-order valence-corrected chi connectivity index (χ2v) is 10.3. The first-order valence-electron chi connectivity index (χ1n) is 11.4. The molecule has 0 spiro atoms. The van der Waals surface area contributed by atoms with Crippen molar-refractivity contribution in [3.8, 4) is 0 Å². The molecule has 1 unspecified atom stereocenters. The summed E-state index contributed by atoms with van der Waals surface area (Å²) >= 11 is 7.39. The summed E-state index contributed by atoms with van der Waals surface area (Å²) in [6.45, 7) is 7.55. The largest absolute Gasteiger partial charge is 0.349 e. The topological polar surface area (TPSA) is 78.5 Å². The molecule has 0 aliphatic carbocycles. The second-order valence-electron chi connectivity index (χ2n) is 8.94. The highest BCUT2D eigenvalue weighted by Gasteiger charge is 2.35. The van der Waals surface area contributed by atoms with Gasteiger partial charge in [0.1, 0.15) is 6.04 Å². The molecule has 3 aromatic rings. The van der Waals surface area contributed by atoms with Crippen molar-refractivity contribution in [2.75, 3.05) is 11.4 Å². The summed E-state index contributed by atoms with van der Waals surface area (Å²) < 4.78 is 0. The minimum atomic E-state index is -0.950. The minimum absolute atomic E-state index is 0.272. The lowest BCUT2D eigenvalue weighted by Gasteiger charge is -2.34. The predicted octanol–water partition coefficient (Wildman–Crippen LogP) is 5.52. The van der Waals surface area contributed by atoms with E-state index in [1.807, 2.05) is 52.0 Å². The van der Waals surface area contributed by atoms with Gasteiger partial charge in [-0.15, -0.1) is 11.3 Å². The Morgan fingerprint density at radius 2 is 1.69 bits per heavy atom. The zero-order valence-electron chi connectivity index (χ0n) is 20.3. The van der Waals surface area contributed by atoms with Gasteiger partial charge in [0.25, 0.3) is 5.91 Å². The fourth-order valence-electron chi connectivity index (χ4n) is 3.43. The van der Waals surface area contributed by atoms with E-state index in [-0.39, 0.29) is 18.4 Å².